The van der Waals surface area contributed by atoms with E-state index in [1.807, 2.05) is 0 Å². The van der Waals surface area contributed by atoms with Gasteiger partial charge in [0.15, 0.2) is 5.82 Å². The lowest BCUT2D eigenvalue weighted by atomic mass is 10.3. The first kappa shape index (κ1) is 15.5. The number of rotatable bonds is 4. The molecule has 2 aromatic carbocycles. The number of aromatic nitrogens is 3. The number of benzene rings is 2. The number of nitrogens with one attached hydrogen (secondary N) is 2. The van der Waals surface area contributed by atoms with Gasteiger partial charge in [-0.05, 0) is 30.3 Å². The Kier molecular flexibility index (Phi) is 4.55. The molecule has 0 aliphatic heterocycles. The molecular weight excluding hydrogens is 340 g/mol. The van der Waals surface area contributed by atoms with Crippen LogP contribution in [0.15, 0.2) is 48.7 Å². The fourth-order valence-corrected chi connectivity index (χ4v) is 2.28. The van der Waals surface area contributed by atoms with Crippen molar-refractivity contribution in [2.45, 2.75) is 0 Å². The normalized spacial score (nSPS) is 10.4. The smallest absolute Gasteiger partial charge is 0.249 e. The molecule has 2 N–H and O–H groups in total. The van der Waals surface area contributed by atoms with Gasteiger partial charge >= 0.3 is 0 Å². The van der Waals surface area contributed by atoms with Crippen LogP contribution < -0.4 is 10.6 Å². The van der Waals surface area contributed by atoms with Crippen LogP contribution in [-0.2, 0) is 0 Å². The minimum atomic E-state index is -0.388. The van der Waals surface area contributed by atoms with Gasteiger partial charge in [-0.3, -0.25) is 0 Å². The van der Waals surface area contributed by atoms with Gasteiger partial charge in [0.1, 0.15) is 5.82 Å². The largest absolute Gasteiger partial charge is 0.336 e. The number of hydrogen-bond donors (Lipinski definition) is 2. The van der Waals surface area contributed by atoms with E-state index in [2.05, 4.69) is 25.8 Å². The molecule has 0 bridgehead atoms. The van der Waals surface area contributed by atoms with Crippen LogP contribution in [0.25, 0.3) is 0 Å². The SMILES string of the molecule is Fc1ccccc1Nc1cnnc(Nc2ccc(Cl)cc2Cl)n1. The van der Waals surface area contributed by atoms with Crippen LogP contribution in [0.4, 0.5) is 27.5 Å². The van der Waals surface area contributed by atoms with Crippen molar-refractivity contribution in [3.8, 4) is 0 Å². The van der Waals surface area contributed by atoms with Gasteiger partial charge in [-0.2, -0.15) is 10.1 Å². The van der Waals surface area contributed by atoms with Gasteiger partial charge in [0.2, 0.25) is 5.95 Å². The fourth-order valence-electron chi connectivity index (χ4n) is 1.83. The Morgan fingerprint density at radius 2 is 1.78 bits per heavy atom. The van der Waals surface area contributed by atoms with Crippen LogP contribution in [0.3, 0.4) is 0 Å². The maximum atomic E-state index is 13.6. The molecule has 0 aliphatic carbocycles. The number of halogens is 3. The van der Waals surface area contributed by atoms with E-state index < -0.39 is 0 Å². The lowest BCUT2D eigenvalue weighted by Gasteiger charge is -2.09. The standard InChI is InChI=1S/C15H10Cl2FN5/c16-9-5-6-12(10(17)7-9)21-15-22-14(8-19-23-15)20-13-4-2-1-3-11(13)18/h1-8H,(H2,20,21,22,23). The van der Waals surface area contributed by atoms with Crippen molar-refractivity contribution in [2.24, 2.45) is 0 Å². The van der Waals surface area contributed by atoms with E-state index in [0.717, 1.165) is 0 Å². The zero-order valence-electron chi connectivity index (χ0n) is 11.6. The molecule has 1 aromatic heterocycles. The van der Waals surface area contributed by atoms with Crippen molar-refractivity contribution < 1.29 is 4.39 Å². The van der Waals surface area contributed by atoms with E-state index in [1.54, 1.807) is 36.4 Å². The summed E-state index contributed by atoms with van der Waals surface area (Å²) >= 11 is 11.9. The summed E-state index contributed by atoms with van der Waals surface area (Å²) < 4.78 is 13.6. The summed E-state index contributed by atoms with van der Waals surface area (Å²) in [7, 11) is 0. The monoisotopic (exact) mass is 349 g/mol. The maximum absolute atomic E-state index is 13.6. The highest BCUT2D eigenvalue weighted by atomic mass is 35.5. The van der Waals surface area contributed by atoms with Crippen molar-refractivity contribution in [2.75, 3.05) is 10.6 Å². The third-order valence-electron chi connectivity index (χ3n) is 2.87. The van der Waals surface area contributed by atoms with E-state index in [-0.39, 0.29) is 11.8 Å². The molecule has 0 saturated heterocycles. The summed E-state index contributed by atoms with van der Waals surface area (Å²) in [5.41, 5.74) is 0.879. The quantitative estimate of drug-likeness (QED) is 0.707. The molecule has 5 nitrogen and oxygen atoms in total. The molecule has 3 aromatic rings. The highest BCUT2D eigenvalue weighted by Crippen LogP contribution is 2.27. The molecule has 23 heavy (non-hydrogen) atoms. The Morgan fingerprint density at radius 1 is 0.957 bits per heavy atom. The van der Waals surface area contributed by atoms with E-state index in [0.29, 0.717) is 27.2 Å². The Morgan fingerprint density at radius 3 is 2.57 bits per heavy atom. The summed E-state index contributed by atoms with van der Waals surface area (Å²) in [5.74, 6) is 0.176. The molecular formula is C15H10Cl2FN5. The average Bonchev–Trinajstić information content (AvgIpc) is 2.53. The second-order valence-corrected chi connectivity index (χ2v) is 5.36. The molecule has 0 fully saturated rings. The van der Waals surface area contributed by atoms with E-state index >= 15 is 0 Å². The lowest BCUT2D eigenvalue weighted by Crippen LogP contribution is -2.03. The summed E-state index contributed by atoms with van der Waals surface area (Å²) in [6, 6.07) is 11.3. The second kappa shape index (κ2) is 6.76. The Bertz CT molecular complexity index is 844. The maximum Gasteiger partial charge on any atom is 0.249 e. The van der Waals surface area contributed by atoms with Crippen LogP contribution in [0.2, 0.25) is 10.0 Å². The lowest BCUT2D eigenvalue weighted by molar-refractivity contribution is 0.632. The van der Waals surface area contributed by atoms with Gasteiger partial charge in [0.25, 0.3) is 0 Å². The van der Waals surface area contributed by atoms with Crippen molar-refractivity contribution in [3.63, 3.8) is 0 Å². The van der Waals surface area contributed by atoms with Gasteiger partial charge in [-0.15, -0.1) is 5.10 Å². The molecule has 0 spiro atoms. The fraction of sp³-hybridized carbons (Fsp3) is 0. The highest BCUT2D eigenvalue weighted by Gasteiger charge is 2.07. The van der Waals surface area contributed by atoms with Gasteiger partial charge in [0, 0.05) is 5.02 Å². The van der Waals surface area contributed by atoms with Gasteiger partial charge in [-0.25, -0.2) is 4.39 Å². The number of hydrogen-bond acceptors (Lipinski definition) is 5. The molecule has 0 saturated carbocycles. The first-order chi connectivity index (χ1) is 11.1. The second-order valence-electron chi connectivity index (χ2n) is 4.52. The number of anilines is 4. The third-order valence-corrected chi connectivity index (χ3v) is 3.42. The average molecular weight is 350 g/mol. The predicted molar refractivity (Wildman–Crippen MR) is 89.3 cm³/mol. The summed E-state index contributed by atoms with van der Waals surface area (Å²) in [4.78, 5) is 4.21. The van der Waals surface area contributed by atoms with Crippen molar-refractivity contribution in [1.82, 2.24) is 15.2 Å². The minimum Gasteiger partial charge on any atom is -0.336 e. The zero-order valence-corrected chi connectivity index (χ0v) is 13.1. The Labute approximate surface area is 141 Å². The molecule has 116 valence electrons. The third kappa shape index (κ3) is 3.85. The molecule has 0 amide bonds. The number of nitrogens with zero attached hydrogens (tertiary/aromatic N) is 3. The topological polar surface area (TPSA) is 62.7 Å². The molecule has 0 radical (unpaired) electrons. The zero-order chi connectivity index (χ0) is 16.2. The summed E-state index contributed by atoms with van der Waals surface area (Å²) in [6.45, 7) is 0. The van der Waals surface area contributed by atoms with Crippen LogP contribution in [0, 0.1) is 5.82 Å². The van der Waals surface area contributed by atoms with Crippen LogP contribution in [-0.4, -0.2) is 15.2 Å². The van der Waals surface area contributed by atoms with E-state index in [9.17, 15) is 4.39 Å². The van der Waals surface area contributed by atoms with Gasteiger partial charge in [-0.1, -0.05) is 35.3 Å². The summed E-state index contributed by atoms with van der Waals surface area (Å²) in [6.07, 6.45) is 1.39. The van der Waals surface area contributed by atoms with Crippen molar-refractivity contribution in [3.05, 3.63) is 64.5 Å². The van der Waals surface area contributed by atoms with Crippen LogP contribution in [0.5, 0.6) is 0 Å². The molecule has 3 rings (SSSR count). The van der Waals surface area contributed by atoms with Crippen molar-refractivity contribution >= 4 is 46.3 Å². The molecule has 0 unspecified atom stereocenters. The summed E-state index contributed by atoms with van der Waals surface area (Å²) in [5, 5.41) is 14.4. The molecule has 8 heteroatoms. The molecule has 1 heterocycles. The Balaban J connectivity index is 1.81. The van der Waals surface area contributed by atoms with Gasteiger partial charge < -0.3 is 10.6 Å². The predicted octanol–water partition coefficient (Wildman–Crippen LogP) is 4.80. The van der Waals surface area contributed by atoms with Crippen LogP contribution >= 0.6 is 23.2 Å². The van der Waals surface area contributed by atoms with Crippen molar-refractivity contribution in [1.29, 1.82) is 0 Å². The van der Waals surface area contributed by atoms with E-state index in [4.69, 9.17) is 23.2 Å². The first-order valence-corrected chi connectivity index (χ1v) is 7.31. The molecule has 0 aliphatic rings. The minimum absolute atomic E-state index is 0.218. The van der Waals surface area contributed by atoms with E-state index in [1.165, 1.54) is 12.3 Å². The molecule has 0 atom stereocenters. The van der Waals surface area contributed by atoms with Crippen LogP contribution in [0.1, 0.15) is 0 Å². The number of para-hydroxylation sites is 1. The first-order valence-electron chi connectivity index (χ1n) is 6.55. The van der Waals surface area contributed by atoms with Gasteiger partial charge in [0.05, 0.1) is 22.6 Å². The highest BCUT2D eigenvalue weighted by molar-refractivity contribution is 6.36. The Hall–Kier alpha value is -2.44.